The number of nitrogens with zero attached hydrogens (tertiary/aromatic N) is 1. The number of carbonyl (C=O) groups is 1. The van der Waals surface area contributed by atoms with E-state index in [0.717, 1.165) is 18.4 Å². The lowest BCUT2D eigenvalue weighted by Gasteiger charge is -2.28. The molecule has 0 spiro atoms. The summed E-state index contributed by atoms with van der Waals surface area (Å²) >= 11 is 0. The molecule has 22 heavy (non-hydrogen) atoms. The van der Waals surface area contributed by atoms with Crippen LogP contribution in [0, 0.1) is 0 Å². The second kappa shape index (κ2) is 7.24. The van der Waals surface area contributed by atoms with Crippen molar-refractivity contribution in [1.29, 1.82) is 0 Å². The van der Waals surface area contributed by atoms with Crippen LogP contribution < -0.4 is 0 Å². The molecule has 0 bridgehead atoms. The molecule has 0 amide bonds. The van der Waals surface area contributed by atoms with Gasteiger partial charge in [-0.3, -0.25) is 9.69 Å². The Bertz CT molecular complexity index is 627. The van der Waals surface area contributed by atoms with Crippen molar-refractivity contribution in [2.24, 2.45) is 0 Å². The Hall–Kier alpha value is -1.40. The second-order valence-electron chi connectivity index (χ2n) is 5.58. The molecule has 0 unspecified atom stereocenters. The summed E-state index contributed by atoms with van der Waals surface area (Å²) in [7, 11) is -1.91. The van der Waals surface area contributed by atoms with Gasteiger partial charge in [0.25, 0.3) is 0 Å². The number of sulfone groups is 1. The molecular formula is C16H23NO4S. The fourth-order valence-electron chi connectivity index (χ4n) is 2.83. The zero-order valence-electron chi connectivity index (χ0n) is 13.1. The SMILES string of the molecule is CCCC[C@H](C(=O)OC)N1CCS(=O)(=O)c2ccccc2C1. The van der Waals surface area contributed by atoms with Gasteiger partial charge in [-0.1, -0.05) is 38.0 Å². The Morgan fingerprint density at radius 1 is 1.36 bits per heavy atom. The number of ether oxygens (including phenoxy) is 1. The first-order valence-electron chi connectivity index (χ1n) is 7.62. The standard InChI is InChI=1S/C16H23NO4S/c1-3-4-8-14(16(18)21-2)17-10-11-22(19,20)15-9-6-5-7-13(15)12-17/h5-7,9,14H,3-4,8,10-12H2,1-2H3/t14-/m1/s1. The van der Waals surface area contributed by atoms with Gasteiger partial charge in [0.05, 0.1) is 17.8 Å². The zero-order chi connectivity index (χ0) is 16.2. The molecule has 0 aliphatic carbocycles. The molecule has 1 atom stereocenters. The number of esters is 1. The molecule has 0 aromatic heterocycles. The monoisotopic (exact) mass is 325 g/mol. The Kier molecular flexibility index (Phi) is 5.58. The Morgan fingerprint density at radius 2 is 2.09 bits per heavy atom. The number of hydrogen-bond acceptors (Lipinski definition) is 5. The van der Waals surface area contributed by atoms with Gasteiger partial charge < -0.3 is 4.74 Å². The Morgan fingerprint density at radius 3 is 2.77 bits per heavy atom. The summed E-state index contributed by atoms with van der Waals surface area (Å²) in [5.74, 6) is -0.255. The molecule has 2 rings (SSSR count). The van der Waals surface area contributed by atoms with Crippen LogP contribution in [-0.4, -0.2) is 44.7 Å². The molecule has 6 heteroatoms. The van der Waals surface area contributed by atoms with Crippen molar-refractivity contribution in [2.45, 2.75) is 43.7 Å². The van der Waals surface area contributed by atoms with Crippen molar-refractivity contribution >= 4 is 15.8 Å². The van der Waals surface area contributed by atoms with Gasteiger partial charge in [0.15, 0.2) is 9.84 Å². The van der Waals surface area contributed by atoms with Crippen LogP contribution in [0.3, 0.4) is 0 Å². The molecule has 1 aromatic carbocycles. The van der Waals surface area contributed by atoms with E-state index in [1.165, 1.54) is 7.11 Å². The van der Waals surface area contributed by atoms with Gasteiger partial charge in [0.1, 0.15) is 6.04 Å². The maximum Gasteiger partial charge on any atom is 0.323 e. The van der Waals surface area contributed by atoms with Crippen LogP contribution in [0.25, 0.3) is 0 Å². The molecule has 1 aromatic rings. The first-order valence-corrected chi connectivity index (χ1v) is 9.27. The quantitative estimate of drug-likeness (QED) is 0.775. The molecule has 0 fully saturated rings. The van der Waals surface area contributed by atoms with Crippen molar-refractivity contribution in [1.82, 2.24) is 4.90 Å². The third-order valence-electron chi connectivity index (χ3n) is 4.07. The van der Waals surface area contributed by atoms with E-state index < -0.39 is 9.84 Å². The maximum absolute atomic E-state index is 12.4. The van der Waals surface area contributed by atoms with Gasteiger partial charge >= 0.3 is 5.97 Å². The first-order chi connectivity index (χ1) is 10.5. The van der Waals surface area contributed by atoms with Crippen LogP contribution in [0.2, 0.25) is 0 Å². The number of fused-ring (bicyclic) bond motifs is 1. The number of hydrogen-bond donors (Lipinski definition) is 0. The number of unbranched alkanes of at least 4 members (excludes halogenated alkanes) is 1. The van der Waals surface area contributed by atoms with E-state index in [2.05, 4.69) is 6.92 Å². The molecule has 122 valence electrons. The van der Waals surface area contributed by atoms with E-state index in [-0.39, 0.29) is 17.8 Å². The van der Waals surface area contributed by atoms with E-state index in [9.17, 15) is 13.2 Å². The van der Waals surface area contributed by atoms with Gasteiger partial charge in [-0.15, -0.1) is 0 Å². The van der Waals surface area contributed by atoms with E-state index in [1.807, 2.05) is 17.0 Å². The van der Waals surface area contributed by atoms with Crippen LogP contribution in [0.15, 0.2) is 29.2 Å². The lowest BCUT2D eigenvalue weighted by Crippen LogP contribution is -2.42. The third-order valence-corrected chi connectivity index (χ3v) is 5.86. The summed E-state index contributed by atoms with van der Waals surface area (Å²) in [6.07, 6.45) is 2.58. The van der Waals surface area contributed by atoms with Gasteiger partial charge in [-0.2, -0.15) is 0 Å². The number of methoxy groups -OCH3 is 1. The lowest BCUT2D eigenvalue weighted by molar-refractivity contribution is -0.147. The number of benzene rings is 1. The topological polar surface area (TPSA) is 63.7 Å². The lowest BCUT2D eigenvalue weighted by atomic mass is 10.1. The van der Waals surface area contributed by atoms with Crippen LogP contribution in [0.5, 0.6) is 0 Å². The first kappa shape index (κ1) is 17.0. The minimum absolute atomic E-state index is 0.0314. The molecule has 1 aliphatic heterocycles. The van der Waals surface area contributed by atoms with Crippen molar-refractivity contribution in [3.63, 3.8) is 0 Å². The van der Waals surface area contributed by atoms with Crippen molar-refractivity contribution in [3.05, 3.63) is 29.8 Å². The zero-order valence-corrected chi connectivity index (χ0v) is 13.9. The highest BCUT2D eigenvalue weighted by atomic mass is 32.2. The summed E-state index contributed by atoms with van der Waals surface area (Å²) in [6, 6.07) is 6.65. The van der Waals surface area contributed by atoms with Gasteiger partial charge in [0, 0.05) is 13.1 Å². The molecule has 1 aliphatic rings. The molecule has 0 saturated carbocycles. The molecule has 0 radical (unpaired) electrons. The summed E-state index contributed by atoms with van der Waals surface area (Å²) in [5, 5.41) is 0. The van der Waals surface area contributed by atoms with Crippen molar-refractivity contribution in [2.75, 3.05) is 19.4 Å². The Balaban J connectivity index is 2.31. The van der Waals surface area contributed by atoms with E-state index in [1.54, 1.807) is 12.1 Å². The minimum atomic E-state index is -3.29. The molecule has 5 nitrogen and oxygen atoms in total. The third kappa shape index (κ3) is 3.67. The highest BCUT2D eigenvalue weighted by Gasteiger charge is 2.32. The minimum Gasteiger partial charge on any atom is -0.468 e. The van der Waals surface area contributed by atoms with Crippen molar-refractivity contribution < 1.29 is 17.9 Å². The van der Waals surface area contributed by atoms with Crippen LogP contribution in [-0.2, 0) is 25.9 Å². The fourth-order valence-corrected chi connectivity index (χ4v) is 4.34. The predicted octanol–water partition coefficient (Wildman–Crippen LogP) is 2.01. The highest BCUT2D eigenvalue weighted by molar-refractivity contribution is 7.91. The van der Waals surface area contributed by atoms with E-state index >= 15 is 0 Å². The van der Waals surface area contributed by atoms with Crippen LogP contribution in [0.1, 0.15) is 31.7 Å². The average molecular weight is 325 g/mol. The van der Waals surface area contributed by atoms with Gasteiger partial charge in [-0.25, -0.2) is 8.42 Å². The predicted molar refractivity (Wildman–Crippen MR) is 84.2 cm³/mol. The second-order valence-corrected chi connectivity index (χ2v) is 7.66. The summed E-state index contributed by atoms with van der Waals surface area (Å²) in [5.41, 5.74) is 0.755. The largest absolute Gasteiger partial charge is 0.468 e. The molecular weight excluding hydrogens is 302 g/mol. The average Bonchev–Trinajstić information content (AvgIpc) is 2.65. The van der Waals surface area contributed by atoms with E-state index in [4.69, 9.17) is 4.74 Å². The van der Waals surface area contributed by atoms with Crippen LogP contribution in [0.4, 0.5) is 0 Å². The van der Waals surface area contributed by atoms with Crippen molar-refractivity contribution in [3.8, 4) is 0 Å². The van der Waals surface area contributed by atoms with Gasteiger partial charge in [0.2, 0.25) is 0 Å². The molecule has 1 heterocycles. The Labute approximate surface area is 132 Å². The van der Waals surface area contributed by atoms with Gasteiger partial charge in [-0.05, 0) is 18.1 Å². The summed E-state index contributed by atoms with van der Waals surface area (Å²) in [4.78, 5) is 14.4. The molecule has 0 N–H and O–H groups in total. The molecule has 0 saturated heterocycles. The van der Waals surface area contributed by atoms with Crippen LogP contribution >= 0.6 is 0 Å². The van der Waals surface area contributed by atoms with E-state index in [0.29, 0.717) is 24.4 Å². The summed E-state index contributed by atoms with van der Waals surface area (Å²) < 4.78 is 29.7. The number of rotatable bonds is 5. The summed E-state index contributed by atoms with van der Waals surface area (Å²) in [6.45, 7) is 2.87. The highest BCUT2D eigenvalue weighted by Crippen LogP contribution is 2.25. The normalized spacial score (nSPS) is 19.0. The smallest absolute Gasteiger partial charge is 0.323 e. The fraction of sp³-hybridized carbons (Fsp3) is 0.562. The maximum atomic E-state index is 12.4. The number of carbonyl (C=O) groups excluding carboxylic acids is 1.